The van der Waals surface area contributed by atoms with Gasteiger partial charge in [0.2, 0.25) is 11.8 Å². The Kier molecular flexibility index (Phi) is 6.88. The van der Waals surface area contributed by atoms with E-state index >= 15 is 0 Å². The zero-order chi connectivity index (χ0) is 16.7. The van der Waals surface area contributed by atoms with E-state index in [0.29, 0.717) is 29.3 Å². The van der Waals surface area contributed by atoms with Gasteiger partial charge in [-0.3, -0.25) is 4.79 Å². The van der Waals surface area contributed by atoms with Crippen LogP contribution in [0.3, 0.4) is 0 Å². The van der Waals surface area contributed by atoms with E-state index in [-0.39, 0.29) is 11.2 Å². The van der Waals surface area contributed by atoms with E-state index < -0.39 is 0 Å². The second kappa shape index (κ2) is 8.90. The number of hydrogen-bond donors (Lipinski definition) is 1. The predicted octanol–water partition coefficient (Wildman–Crippen LogP) is 3.02. The van der Waals surface area contributed by atoms with E-state index in [1.807, 2.05) is 0 Å². The van der Waals surface area contributed by atoms with Crippen molar-refractivity contribution >= 4 is 29.3 Å². The molecule has 1 unspecified atom stereocenters. The number of aromatic nitrogens is 2. The van der Waals surface area contributed by atoms with Gasteiger partial charge in [0.05, 0.1) is 5.25 Å². The van der Waals surface area contributed by atoms with Crippen LogP contribution in [0.15, 0.2) is 33.9 Å². The third-order valence-corrected chi connectivity index (χ3v) is 4.16. The molecule has 1 atom stereocenters. The van der Waals surface area contributed by atoms with E-state index in [1.54, 1.807) is 38.3 Å². The number of benzene rings is 1. The smallest absolute Gasteiger partial charge is 0.277 e. The largest absolute Gasteiger partial charge is 0.411 e. The van der Waals surface area contributed by atoms with Gasteiger partial charge in [0.1, 0.15) is 0 Å². The van der Waals surface area contributed by atoms with Crippen molar-refractivity contribution < 1.29 is 13.9 Å². The molecule has 23 heavy (non-hydrogen) atoms. The van der Waals surface area contributed by atoms with Crippen LogP contribution in [-0.4, -0.2) is 41.6 Å². The number of rotatable bonds is 8. The van der Waals surface area contributed by atoms with Gasteiger partial charge < -0.3 is 14.5 Å². The quantitative estimate of drug-likeness (QED) is 0.579. The molecule has 0 bridgehead atoms. The number of methoxy groups -OCH3 is 1. The predicted molar refractivity (Wildman–Crippen MR) is 89.6 cm³/mol. The lowest BCUT2D eigenvalue weighted by molar-refractivity contribution is -0.120. The molecule has 0 saturated heterocycles. The van der Waals surface area contributed by atoms with Crippen molar-refractivity contribution in [2.24, 2.45) is 0 Å². The first-order chi connectivity index (χ1) is 11.1. The van der Waals surface area contributed by atoms with E-state index in [2.05, 4.69) is 15.5 Å². The maximum atomic E-state index is 11.9. The number of carbonyl (C=O) groups excluding carboxylic acids is 1. The minimum atomic E-state index is -0.323. The summed E-state index contributed by atoms with van der Waals surface area (Å²) in [5.41, 5.74) is 0.783. The van der Waals surface area contributed by atoms with Crippen molar-refractivity contribution in [2.45, 2.75) is 23.8 Å². The molecule has 1 aromatic carbocycles. The number of thioether (sulfide) groups is 1. The zero-order valence-corrected chi connectivity index (χ0v) is 14.5. The lowest BCUT2D eigenvalue weighted by atomic mass is 10.2. The molecule has 0 aliphatic heterocycles. The minimum Gasteiger partial charge on any atom is -0.411 e. The summed E-state index contributed by atoms with van der Waals surface area (Å²) in [5.74, 6) is 0.328. The molecule has 0 radical (unpaired) electrons. The fourth-order valence-electron chi connectivity index (χ4n) is 1.74. The molecule has 0 saturated carbocycles. The number of amides is 1. The van der Waals surface area contributed by atoms with Gasteiger partial charge in [-0.15, -0.1) is 10.2 Å². The SMILES string of the molecule is COCCCNC(=O)C(C)Sc1nnc(-c2ccc(Cl)cc2)o1. The molecule has 0 aliphatic carbocycles. The standard InChI is InChI=1S/C15H18ClN3O3S/c1-10(13(20)17-8-3-9-21-2)23-15-19-18-14(22-15)11-4-6-12(16)7-5-11/h4-7,10H,3,8-9H2,1-2H3,(H,17,20). The zero-order valence-electron chi connectivity index (χ0n) is 12.9. The van der Waals surface area contributed by atoms with E-state index in [1.165, 1.54) is 11.8 Å². The Morgan fingerprint density at radius 1 is 1.39 bits per heavy atom. The van der Waals surface area contributed by atoms with Crippen LogP contribution in [0.25, 0.3) is 11.5 Å². The minimum absolute atomic E-state index is 0.0719. The van der Waals surface area contributed by atoms with Crippen LogP contribution in [0.4, 0.5) is 0 Å². The molecular weight excluding hydrogens is 338 g/mol. The van der Waals surface area contributed by atoms with Gasteiger partial charge in [-0.05, 0) is 37.6 Å². The monoisotopic (exact) mass is 355 g/mol. The fourth-order valence-corrected chi connectivity index (χ4v) is 2.58. The van der Waals surface area contributed by atoms with Gasteiger partial charge in [-0.1, -0.05) is 23.4 Å². The van der Waals surface area contributed by atoms with Crippen molar-refractivity contribution in [1.82, 2.24) is 15.5 Å². The second-order valence-corrected chi connectivity index (χ2v) is 6.51. The summed E-state index contributed by atoms with van der Waals surface area (Å²) in [6, 6.07) is 7.11. The van der Waals surface area contributed by atoms with Crippen molar-refractivity contribution in [1.29, 1.82) is 0 Å². The maximum Gasteiger partial charge on any atom is 0.277 e. The normalized spacial score (nSPS) is 12.1. The molecule has 6 nitrogen and oxygen atoms in total. The van der Waals surface area contributed by atoms with Crippen LogP contribution in [-0.2, 0) is 9.53 Å². The van der Waals surface area contributed by atoms with Crippen LogP contribution >= 0.6 is 23.4 Å². The first-order valence-electron chi connectivity index (χ1n) is 7.13. The summed E-state index contributed by atoms with van der Waals surface area (Å²) in [7, 11) is 1.63. The number of carbonyl (C=O) groups is 1. The lowest BCUT2D eigenvalue weighted by Crippen LogP contribution is -2.32. The van der Waals surface area contributed by atoms with Crippen molar-refractivity contribution in [3.8, 4) is 11.5 Å². The Balaban J connectivity index is 1.88. The Morgan fingerprint density at radius 3 is 2.83 bits per heavy atom. The molecule has 0 spiro atoms. The van der Waals surface area contributed by atoms with Gasteiger partial charge in [-0.25, -0.2) is 0 Å². The first-order valence-corrected chi connectivity index (χ1v) is 8.38. The third-order valence-electron chi connectivity index (χ3n) is 2.97. The van der Waals surface area contributed by atoms with Crippen LogP contribution in [0.5, 0.6) is 0 Å². The Labute approximate surface area is 143 Å². The maximum absolute atomic E-state index is 11.9. The topological polar surface area (TPSA) is 77.2 Å². The highest BCUT2D eigenvalue weighted by molar-refractivity contribution is 8.00. The van der Waals surface area contributed by atoms with Gasteiger partial charge in [0, 0.05) is 30.8 Å². The Bertz CT molecular complexity index is 633. The van der Waals surface area contributed by atoms with Crippen LogP contribution in [0, 0.1) is 0 Å². The van der Waals surface area contributed by atoms with Crippen LogP contribution < -0.4 is 5.32 Å². The van der Waals surface area contributed by atoms with Crippen LogP contribution in [0.1, 0.15) is 13.3 Å². The van der Waals surface area contributed by atoms with Crippen LogP contribution in [0.2, 0.25) is 5.02 Å². The molecule has 124 valence electrons. The van der Waals surface area contributed by atoms with Crippen molar-refractivity contribution in [3.05, 3.63) is 29.3 Å². The molecule has 1 aromatic heterocycles. The molecule has 8 heteroatoms. The molecule has 0 aliphatic rings. The van der Waals surface area contributed by atoms with Crippen molar-refractivity contribution in [3.63, 3.8) is 0 Å². The summed E-state index contributed by atoms with van der Waals surface area (Å²) < 4.78 is 10.5. The molecule has 1 amide bonds. The summed E-state index contributed by atoms with van der Waals surface area (Å²) in [6.45, 7) is 3.00. The van der Waals surface area contributed by atoms with Gasteiger partial charge in [-0.2, -0.15) is 0 Å². The van der Waals surface area contributed by atoms with Gasteiger partial charge in [0.15, 0.2) is 0 Å². The van der Waals surface area contributed by atoms with Gasteiger partial charge >= 0.3 is 0 Å². The Morgan fingerprint density at radius 2 is 2.13 bits per heavy atom. The van der Waals surface area contributed by atoms with E-state index in [4.69, 9.17) is 20.8 Å². The summed E-state index contributed by atoms with van der Waals surface area (Å²) >= 11 is 7.07. The number of nitrogens with one attached hydrogen (secondary N) is 1. The molecule has 2 aromatic rings. The molecule has 1 N–H and O–H groups in total. The summed E-state index contributed by atoms with van der Waals surface area (Å²) in [4.78, 5) is 11.9. The summed E-state index contributed by atoms with van der Waals surface area (Å²) in [6.07, 6.45) is 0.779. The third kappa shape index (κ3) is 5.53. The first kappa shape index (κ1) is 17.8. The molecule has 1 heterocycles. The van der Waals surface area contributed by atoms with E-state index in [0.717, 1.165) is 12.0 Å². The highest BCUT2D eigenvalue weighted by atomic mass is 35.5. The lowest BCUT2D eigenvalue weighted by Gasteiger charge is -2.09. The molecular formula is C15H18ClN3O3S. The number of hydrogen-bond acceptors (Lipinski definition) is 6. The highest BCUT2D eigenvalue weighted by Gasteiger charge is 2.18. The Hall–Kier alpha value is -1.57. The number of nitrogens with zero attached hydrogens (tertiary/aromatic N) is 2. The average molecular weight is 356 g/mol. The van der Waals surface area contributed by atoms with E-state index in [9.17, 15) is 4.79 Å². The number of halogens is 1. The van der Waals surface area contributed by atoms with Crippen molar-refractivity contribution in [2.75, 3.05) is 20.3 Å². The summed E-state index contributed by atoms with van der Waals surface area (Å²) in [5, 5.41) is 11.5. The number of ether oxygens (including phenoxy) is 1. The second-order valence-electron chi connectivity index (χ2n) is 4.78. The molecule has 0 fully saturated rings. The highest BCUT2D eigenvalue weighted by Crippen LogP contribution is 2.26. The molecule has 2 rings (SSSR count). The van der Waals surface area contributed by atoms with Gasteiger partial charge in [0.25, 0.3) is 5.22 Å². The fraction of sp³-hybridized carbons (Fsp3) is 0.400. The average Bonchev–Trinajstić information content (AvgIpc) is 3.00.